The summed E-state index contributed by atoms with van der Waals surface area (Å²) in [6.45, 7) is 6.89. The van der Waals surface area contributed by atoms with Crippen LogP contribution >= 0.6 is 0 Å². The van der Waals surface area contributed by atoms with Crippen LogP contribution in [-0.4, -0.2) is 39.1 Å². The van der Waals surface area contributed by atoms with Gasteiger partial charge in [-0.1, -0.05) is 12.1 Å². The molecule has 3 aromatic rings. The van der Waals surface area contributed by atoms with E-state index in [-0.39, 0.29) is 6.03 Å². The maximum Gasteiger partial charge on any atom is 0.319 e. The first-order valence-corrected chi connectivity index (χ1v) is 8.74. The van der Waals surface area contributed by atoms with Crippen molar-refractivity contribution in [3.05, 3.63) is 59.4 Å². The fraction of sp³-hybridized carbons (Fsp3) is 0.263. The topological polar surface area (TPSA) is 96.8 Å². The van der Waals surface area contributed by atoms with Crippen molar-refractivity contribution >= 4 is 17.5 Å². The number of nitrogens with zero attached hydrogens (tertiary/aromatic N) is 4. The SMILES string of the molecule is Cc1cccc(NC(=O)NCCNc2ccc(-n3nc(C)cc3C)nn2)c1. The first-order chi connectivity index (χ1) is 13.0. The molecule has 0 aliphatic carbocycles. The molecule has 0 radical (unpaired) electrons. The first kappa shape index (κ1) is 18.4. The third-order valence-electron chi connectivity index (χ3n) is 3.87. The summed E-state index contributed by atoms with van der Waals surface area (Å²) in [5.74, 6) is 1.31. The lowest BCUT2D eigenvalue weighted by Gasteiger charge is -2.09. The normalized spacial score (nSPS) is 10.5. The lowest BCUT2D eigenvalue weighted by Crippen LogP contribution is -2.32. The molecule has 0 atom stereocenters. The Balaban J connectivity index is 1.44. The highest BCUT2D eigenvalue weighted by atomic mass is 16.2. The lowest BCUT2D eigenvalue weighted by atomic mass is 10.2. The van der Waals surface area contributed by atoms with Crippen molar-refractivity contribution in [2.45, 2.75) is 20.8 Å². The molecule has 2 amide bonds. The van der Waals surface area contributed by atoms with E-state index in [1.165, 1.54) is 0 Å². The van der Waals surface area contributed by atoms with Gasteiger partial charge in [0.2, 0.25) is 0 Å². The number of carbonyl (C=O) groups excluding carboxylic acids is 1. The van der Waals surface area contributed by atoms with Crippen LogP contribution in [0.25, 0.3) is 5.82 Å². The van der Waals surface area contributed by atoms with Gasteiger partial charge < -0.3 is 16.0 Å². The molecule has 8 heteroatoms. The van der Waals surface area contributed by atoms with Gasteiger partial charge in [-0.3, -0.25) is 0 Å². The minimum Gasteiger partial charge on any atom is -0.367 e. The van der Waals surface area contributed by atoms with Crippen LogP contribution in [-0.2, 0) is 0 Å². The monoisotopic (exact) mass is 365 g/mol. The van der Waals surface area contributed by atoms with Gasteiger partial charge in [0.1, 0.15) is 5.82 Å². The van der Waals surface area contributed by atoms with Crippen LogP contribution in [0.1, 0.15) is 17.0 Å². The summed E-state index contributed by atoms with van der Waals surface area (Å²) in [5.41, 5.74) is 3.81. The second-order valence-electron chi connectivity index (χ2n) is 6.29. The van der Waals surface area contributed by atoms with E-state index in [4.69, 9.17) is 0 Å². The Labute approximate surface area is 158 Å². The minimum atomic E-state index is -0.242. The van der Waals surface area contributed by atoms with Crippen LogP contribution in [0.5, 0.6) is 0 Å². The minimum absolute atomic E-state index is 0.242. The van der Waals surface area contributed by atoms with Gasteiger partial charge >= 0.3 is 6.03 Å². The molecule has 0 fully saturated rings. The number of aryl methyl sites for hydroxylation is 3. The molecule has 1 aromatic carbocycles. The Bertz CT molecular complexity index is 918. The van der Waals surface area contributed by atoms with E-state index in [1.54, 1.807) is 4.68 Å². The highest BCUT2D eigenvalue weighted by molar-refractivity contribution is 5.89. The van der Waals surface area contributed by atoms with Crippen molar-refractivity contribution in [2.24, 2.45) is 0 Å². The van der Waals surface area contributed by atoms with Gasteiger partial charge in [0, 0.05) is 24.5 Å². The second-order valence-corrected chi connectivity index (χ2v) is 6.29. The maximum absolute atomic E-state index is 11.9. The van der Waals surface area contributed by atoms with Crippen molar-refractivity contribution in [1.29, 1.82) is 0 Å². The molecule has 2 heterocycles. The smallest absolute Gasteiger partial charge is 0.319 e. The van der Waals surface area contributed by atoms with Crippen molar-refractivity contribution < 1.29 is 4.79 Å². The van der Waals surface area contributed by atoms with E-state index >= 15 is 0 Å². The lowest BCUT2D eigenvalue weighted by molar-refractivity contribution is 0.252. The molecule has 0 spiro atoms. The molecule has 3 N–H and O–H groups in total. The Kier molecular flexibility index (Phi) is 5.65. The van der Waals surface area contributed by atoms with Crippen LogP contribution in [0.3, 0.4) is 0 Å². The van der Waals surface area contributed by atoms with Crippen molar-refractivity contribution in [3.8, 4) is 5.82 Å². The fourth-order valence-electron chi connectivity index (χ4n) is 2.66. The van der Waals surface area contributed by atoms with Gasteiger partial charge in [-0.15, -0.1) is 10.2 Å². The number of urea groups is 1. The Morgan fingerprint density at radius 2 is 1.89 bits per heavy atom. The van der Waals surface area contributed by atoms with Crippen LogP contribution in [0, 0.1) is 20.8 Å². The van der Waals surface area contributed by atoms with Crippen LogP contribution < -0.4 is 16.0 Å². The van der Waals surface area contributed by atoms with E-state index in [2.05, 4.69) is 31.2 Å². The van der Waals surface area contributed by atoms with Gasteiger partial charge in [-0.05, 0) is 56.7 Å². The third kappa shape index (κ3) is 5.04. The highest BCUT2D eigenvalue weighted by Crippen LogP contribution is 2.11. The summed E-state index contributed by atoms with van der Waals surface area (Å²) in [6.07, 6.45) is 0. The summed E-state index contributed by atoms with van der Waals surface area (Å²) in [7, 11) is 0. The van der Waals surface area contributed by atoms with Gasteiger partial charge in [-0.25, -0.2) is 9.48 Å². The Hall–Kier alpha value is -3.42. The number of hydrogen-bond acceptors (Lipinski definition) is 5. The number of amides is 2. The zero-order chi connectivity index (χ0) is 19.2. The molecule has 140 valence electrons. The molecular weight excluding hydrogens is 342 g/mol. The van der Waals surface area contributed by atoms with E-state index in [0.717, 1.165) is 22.6 Å². The van der Waals surface area contributed by atoms with Gasteiger partial charge in [0.05, 0.1) is 5.69 Å². The van der Waals surface area contributed by atoms with Crippen molar-refractivity contribution in [3.63, 3.8) is 0 Å². The summed E-state index contributed by atoms with van der Waals surface area (Å²) in [4.78, 5) is 11.9. The van der Waals surface area contributed by atoms with Crippen molar-refractivity contribution in [2.75, 3.05) is 23.7 Å². The zero-order valence-electron chi connectivity index (χ0n) is 15.7. The molecule has 0 aliphatic rings. The predicted octanol–water partition coefficient (Wildman–Crippen LogP) is 2.82. The number of anilines is 2. The Morgan fingerprint density at radius 1 is 1.04 bits per heavy atom. The number of carbonyl (C=O) groups is 1. The summed E-state index contributed by atoms with van der Waals surface area (Å²) in [6, 6.07) is 13.1. The van der Waals surface area contributed by atoms with E-state index in [1.807, 2.05) is 63.2 Å². The van der Waals surface area contributed by atoms with Gasteiger partial charge in [-0.2, -0.15) is 5.10 Å². The average molecular weight is 365 g/mol. The number of aromatic nitrogens is 4. The van der Waals surface area contributed by atoms with E-state index in [9.17, 15) is 4.79 Å². The average Bonchev–Trinajstić information content (AvgIpc) is 2.97. The van der Waals surface area contributed by atoms with Crippen LogP contribution in [0.4, 0.5) is 16.3 Å². The number of benzene rings is 1. The standard InChI is InChI=1S/C19H23N7O/c1-13-5-4-6-16(11-13)22-19(27)21-10-9-20-17-7-8-18(24-23-17)26-15(3)12-14(2)25-26/h4-8,11-12H,9-10H2,1-3H3,(H,20,23)(H2,21,22,27). The highest BCUT2D eigenvalue weighted by Gasteiger charge is 2.06. The van der Waals surface area contributed by atoms with E-state index in [0.29, 0.717) is 24.7 Å². The van der Waals surface area contributed by atoms with Crippen LogP contribution in [0.15, 0.2) is 42.5 Å². The van der Waals surface area contributed by atoms with Gasteiger partial charge in [0.15, 0.2) is 5.82 Å². The molecule has 0 saturated heterocycles. The second kappa shape index (κ2) is 8.31. The fourth-order valence-corrected chi connectivity index (χ4v) is 2.66. The molecule has 2 aromatic heterocycles. The summed E-state index contributed by atoms with van der Waals surface area (Å²) in [5, 5.41) is 21.4. The van der Waals surface area contributed by atoms with Crippen LogP contribution in [0.2, 0.25) is 0 Å². The zero-order valence-corrected chi connectivity index (χ0v) is 15.7. The predicted molar refractivity (Wildman–Crippen MR) is 105 cm³/mol. The quantitative estimate of drug-likeness (QED) is 0.584. The maximum atomic E-state index is 11.9. The summed E-state index contributed by atoms with van der Waals surface area (Å²) < 4.78 is 1.75. The molecule has 27 heavy (non-hydrogen) atoms. The molecular formula is C19H23N7O. The molecule has 0 aliphatic heterocycles. The number of hydrogen-bond donors (Lipinski definition) is 3. The summed E-state index contributed by atoms with van der Waals surface area (Å²) >= 11 is 0. The third-order valence-corrected chi connectivity index (χ3v) is 3.87. The molecule has 8 nitrogen and oxygen atoms in total. The largest absolute Gasteiger partial charge is 0.367 e. The molecule has 0 unspecified atom stereocenters. The van der Waals surface area contributed by atoms with E-state index < -0.39 is 0 Å². The number of nitrogens with one attached hydrogen (secondary N) is 3. The molecule has 0 bridgehead atoms. The number of rotatable bonds is 6. The Morgan fingerprint density at radius 3 is 2.56 bits per heavy atom. The molecule has 0 saturated carbocycles. The molecule has 3 rings (SSSR count). The van der Waals surface area contributed by atoms with Crippen molar-refractivity contribution in [1.82, 2.24) is 25.3 Å². The van der Waals surface area contributed by atoms with Gasteiger partial charge in [0.25, 0.3) is 0 Å². The first-order valence-electron chi connectivity index (χ1n) is 8.74.